The van der Waals surface area contributed by atoms with Crippen molar-refractivity contribution in [1.82, 2.24) is 0 Å². The zero-order valence-corrected chi connectivity index (χ0v) is 7.30. The molecular formula is C9H10O5. The average molecular weight is 198 g/mol. The lowest BCUT2D eigenvalue weighted by Crippen LogP contribution is -1.98. The molecule has 1 saturated heterocycles. The second-order valence-corrected chi connectivity index (χ2v) is 2.97. The van der Waals surface area contributed by atoms with Gasteiger partial charge in [-0.15, -0.1) is 0 Å². The van der Waals surface area contributed by atoms with Gasteiger partial charge in [-0.2, -0.15) is 0 Å². The van der Waals surface area contributed by atoms with Crippen molar-refractivity contribution in [3.63, 3.8) is 0 Å². The molecule has 5 nitrogen and oxygen atoms in total. The lowest BCUT2D eigenvalue weighted by atomic mass is 10.1. The number of benzene rings is 1. The van der Waals surface area contributed by atoms with Crippen LogP contribution in [0.15, 0.2) is 12.1 Å². The Labute approximate surface area is 80.1 Å². The zero-order valence-electron chi connectivity index (χ0n) is 7.30. The number of rotatable bonds is 1. The molecule has 1 aliphatic rings. The monoisotopic (exact) mass is 198 g/mol. The molecule has 1 heterocycles. The minimum absolute atomic E-state index is 0.160. The normalized spacial score (nSPS) is 17.4. The van der Waals surface area contributed by atoms with Crippen LogP contribution in [0.1, 0.15) is 11.9 Å². The quantitative estimate of drug-likeness (QED) is 0.460. The third kappa shape index (κ3) is 1.47. The van der Waals surface area contributed by atoms with Crippen molar-refractivity contribution in [3.8, 4) is 17.2 Å². The van der Waals surface area contributed by atoms with Crippen molar-refractivity contribution < 1.29 is 24.8 Å². The molecule has 0 radical (unpaired) electrons. The minimum atomic E-state index is -0.665. The number of hydrogen-bond donors (Lipinski definition) is 3. The van der Waals surface area contributed by atoms with E-state index in [0.717, 1.165) is 6.07 Å². The summed E-state index contributed by atoms with van der Waals surface area (Å²) in [6.45, 7) is 0.900. The number of hydrogen-bond acceptors (Lipinski definition) is 5. The van der Waals surface area contributed by atoms with E-state index in [1.807, 2.05) is 0 Å². The lowest BCUT2D eigenvalue weighted by Gasteiger charge is -2.11. The van der Waals surface area contributed by atoms with E-state index in [2.05, 4.69) is 0 Å². The first-order valence-corrected chi connectivity index (χ1v) is 4.16. The van der Waals surface area contributed by atoms with Crippen LogP contribution < -0.4 is 0 Å². The van der Waals surface area contributed by atoms with E-state index in [1.165, 1.54) is 6.07 Å². The third-order valence-electron chi connectivity index (χ3n) is 2.00. The zero-order chi connectivity index (χ0) is 10.1. The van der Waals surface area contributed by atoms with Crippen LogP contribution in [0.2, 0.25) is 0 Å². The van der Waals surface area contributed by atoms with Crippen molar-refractivity contribution in [2.24, 2.45) is 0 Å². The fourth-order valence-corrected chi connectivity index (χ4v) is 1.31. The summed E-state index contributed by atoms with van der Waals surface area (Å²) in [4.78, 5) is 0. The standard InChI is InChI=1S/C9H10O5/c10-6-4-8(12)7(11)3-5(6)9-13-1-2-14-9/h3-4,9-12H,1-2H2. The number of phenolic OH excluding ortho intramolecular Hbond substituents is 3. The van der Waals surface area contributed by atoms with Gasteiger partial charge in [-0.25, -0.2) is 0 Å². The molecule has 1 fully saturated rings. The van der Waals surface area contributed by atoms with Crippen LogP contribution in [0.4, 0.5) is 0 Å². The van der Waals surface area contributed by atoms with Crippen LogP contribution >= 0.6 is 0 Å². The van der Waals surface area contributed by atoms with E-state index in [-0.39, 0.29) is 17.2 Å². The molecule has 1 aromatic carbocycles. The van der Waals surface area contributed by atoms with Gasteiger partial charge in [-0.3, -0.25) is 0 Å². The van der Waals surface area contributed by atoms with Crippen LogP contribution in [0.3, 0.4) is 0 Å². The van der Waals surface area contributed by atoms with E-state index in [1.54, 1.807) is 0 Å². The molecule has 0 bridgehead atoms. The first-order valence-electron chi connectivity index (χ1n) is 4.16. The smallest absolute Gasteiger partial charge is 0.187 e. The lowest BCUT2D eigenvalue weighted by molar-refractivity contribution is -0.0456. The highest BCUT2D eigenvalue weighted by molar-refractivity contribution is 5.48. The first-order chi connectivity index (χ1) is 6.68. The molecule has 0 aromatic heterocycles. The molecule has 0 unspecified atom stereocenters. The van der Waals surface area contributed by atoms with Crippen LogP contribution in [-0.4, -0.2) is 28.5 Å². The summed E-state index contributed by atoms with van der Waals surface area (Å²) >= 11 is 0. The Balaban J connectivity index is 2.37. The Kier molecular flexibility index (Phi) is 2.18. The SMILES string of the molecule is Oc1cc(O)c(C2OCCO2)cc1O. The highest BCUT2D eigenvalue weighted by Crippen LogP contribution is 2.37. The van der Waals surface area contributed by atoms with Crippen molar-refractivity contribution in [3.05, 3.63) is 17.7 Å². The maximum atomic E-state index is 9.45. The van der Waals surface area contributed by atoms with Gasteiger partial charge in [0.15, 0.2) is 17.8 Å². The van der Waals surface area contributed by atoms with Crippen LogP contribution in [-0.2, 0) is 9.47 Å². The molecule has 0 atom stereocenters. The topological polar surface area (TPSA) is 79.2 Å². The van der Waals surface area contributed by atoms with Gasteiger partial charge in [0.25, 0.3) is 0 Å². The van der Waals surface area contributed by atoms with Gasteiger partial charge in [0.1, 0.15) is 5.75 Å². The van der Waals surface area contributed by atoms with E-state index < -0.39 is 6.29 Å². The molecule has 0 saturated carbocycles. The number of aromatic hydroxyl groups is 3. The predicted molar refractivity (Wildman–Crippen MR) is 46.1 cm³/mol. The number of phenols is 3. The summed E-state index contributed by atoms with van der Waals surface area (Å²) < 4.78 is 10.3. The largest absolute Gasteiger partial charge is 0.507 e. The van der Waals surface area contributed by atoms with Gasteiger partial charge >= 0.3 is 0 Å². The van der Waals surface area contributed by atoms with Crippen LogP contribution in [0.25, 0.3) is 0 Å². The van der Waals surface area contributed by atoms with E-state index in [0.29, 0.717) is 18.8 Å². The van der Waals surface area contributed by atoms with E-state index in [4.69, 9.17) is 14.6 Å². The summed E-state index contributed by atoms with van der Waals surface area (Å²) in [5.41, 5.74) is 0.317. The molecule has 0 amide bonds. The van der Waals surface area contributed by atoms with Gasteiger partial charge in [0.2, 0.25) is 0 Å². The molecular weight excluding hydrogens is 188 g/mol. The van der Waals surface area contributed by atoms with E-state index in [9.17, 15) is 10.2 Å². The van der Waals surface area contributed by atoms with Gasteiger partial charge in [0.05, 0.1) is 18.8 Å². The molecule has 0 aliphatic carbocycles. The molecule has 1 aromatic rings. The van der Waals surface area contributed by atoms with Gasteiger partial charge in [-0.05, 0) is 6.07 Å². The molecule has 5 heteroatoms. The van der Waals surface area contributed by atoms with Crippen molar-refractivity contribution in [2.45, 2.75) is 6.29 Å². The summed E-state index contributed by atoms with van der Waals surface area (Å²) in [5, 5.41) is 27.7. The Morgan fingerprint density at radius 1 is 0.929 bits per heavy atom. The molecule has 1 aliphatic heterocycles. The highest BCUT2D eigenvalue weighted by Gasteiger charge is 2.23. The third-order valence-corrected chi connectivity index (χ3v) is 2.00. The van der Waals surface area contributed by atoms with Crippen molar-refractivity contribution in [2.75, 3.05) is 13.2 Å². The van der Waals surface area contributed by atoms with Crippen LogP contribution in [0.5, 0.6) is 17.2 Å². The Morgan fingerprint density at radius 2 is 1.50 bits per heavy atom. The van der Waals surface area contributed by atoms with Gasteiger partial charge in [0, 0.05) is 6.07 Å². The average Bonchev–Trinajstić information content (AvgIpc) is 2.64. The maximum absolute atomic E-state index is 9.45. The molecule has 0 spiro atoms. The fourth-order valence-electron chi connectivity index (χ4n) is 1.31. The Bertz CT molecular complexity index is 343. The summed E-state index contributed by atoms with van der Waals surface area (Å²) in [6, 6.07) is 2.27. The molecule has 76 valence electrons. The highest BCUT2D eigenvalue weighted by atomic mass is 16.7. The summed E-state index contributed by atoms with van der Waals surface area (Å²) in [5.74, 6) is -0.839. The first kappa shape index (κ1) is 9.11. The Morgan fingerprint density at radius 3 is 2.14 bits per heavy atom. The number of ether oxygens (including phenoxy) is 2. The molecule has 14 heavy (non-hydrogen) atoms. The molecule has 3 N–H and O–H groups in total. The van der Waals surface area contributed by atoms with Crippen molar-refractivity contribution >= 4 is 0 Å². The van der Waals surface area contributed by atoms with E-state index >= 15 is 0 Å². The van der Waals surface area contributed by atoms with Gasteiger partial charge in [-0.1, -0.05) is 0 Å². The van der Waals surface area contributed by atoms with Crippen molar-refractivity contribution in [1.29, 1.82) is 0 Å². The predicted octanol–water partition coefficient (Wildman–Crippen LogP) is 0.849. The summed E-state index contributed by atoms with van der Waals surface area (Å²) in [6.07, 6.45) is -0.665. The molecule has 2 rings (SSSR count). The maximum Gasteiger partial charge on any atom is 0.187 e. The van der Waals surface area contributed by atoms with Crippen LogP contribution in [0, 0.1) is 0 Å². The second kappa shape index (κ2) is 3.36. The van der Waals surface area contributed by atoms with Gasteiger partial charge < -0.3 is 24.8 Å². The second-order valence-electron chi connectivity index (χ2n) is 2.97. The fraction of sp³-hybridized carbons (Fsp3) is 0.333. The Hall–Kier alpha value is -1.46. The minimum Gasteiger partial charge on any atom is -0.507 e. The summed E-state index contributed by atoms with van der Waals surface area (Å²) in [7, 11) is 0.